The van der Waals surface area contributed by atoms with Crippen LogP contribution < -0.4 is 21.2 Å². The van der Waals surface area contributed by atoms with E-state index in [1.165, 1.54) is 0 Å². The van der Waals surface area contributed by atoms with Gasteiger partial charge in [0.1, 0.15) is 17.5 Å². The second-order valence-corrected chi connectivity index (χ2v) is 8.83. The van der Waals surface area contributed by atoms with Crippen LogP contribution in [0.4, 0.5) is 15.9 Å². The molecule has 2 aromatic rings. The van der Waals surface area contributed by atoms with Gasteiger partial charge in [-0.25, -0.2) is 9.37 Å². The van der Waals surface area contributed by atoms with Crippen LogP contribution in [0, 0.1) is 18.2 Å². The van der Waals surface area contributed by atoms with Crippen molar-refractivity contribution in [2.45, 2.75) is 13.5 Å². The summed E-state index contributed by atoms with van der Waals surface area (Å²) in [5.74, 6) is 1.29. The molecular formula is C26H26FN7. The van der Waals surface area contributed by atoms with Crippen molar-refractivity contribution < 1.29 is 4.39 Å². The summed E-state index contributed by atoms with van der Waals surface area (Å²) in [6, 6.07) is 15.6. The molecule has 0 amide bonds. The first-order chi connectivity index (χ1) is 16.6. The van der Waals surface area contributed by atoms with Gasteiger partial charge < -0.3 is 20.1 Å². The Morgan fingerprint density at radius 1 is 0.882 bits per heavy atom. The summed E-state index contributed by atoms with van der Waals surface area (Å²) in [6.07, 6.45) is 0. The number of hydrogen-bond donors (Lipinski definition) is 3. The van der Waals surface area contributed by atoms with Gasteiger partial charge in [-0.05, 0) is 42.3 Å². The molecule has 2 aromatic carbocycles. The predicted octanol–water partition coefficient (Wildman–Crippen LogP) is 3.48. The van der Waals surface area contributed by atoms with Crippen molar-refractivity contribution in [3.8, 4) is 33.8 Å². The Bertz CT molecular complexity index is 1420. The van der Waals surface area contributed by atoms with Crippen LogP contribution in [-0.2, 0) is 6.54 Å². The Morgan fingerprint density at radius 3 is 2.50 bits per heavy atom. The standard InChI is InChI=1S/C26H26FN7/c1-16-4-2-3-5-18(16)20-15-21-23(31-26(28)32-25(21)34-13-10-30-24(20)34)19-7-6-17(14-22(19)27)33-11-8-29-9-12-33/h2-7,14-15,28-30H,8-13H2,1H3. The summed E-state index contributed by atoms with van der Waals surface area (Å²) < 4.78 is 17.6. The number of anilines is 2. The number of fused-ring (bicyclic) bond motifs is 3. The van der Waals surface area contributed by atoms with Gasteiger partial charge >= 0.3 is 0 Å². The molecule has 8 heteroatoms. The maximum absolute atomic E-state index is 15.5. The molecule has 0 saturated carbocycles. The van der Waals surface area contributed by atoms with Gasteiger partial charge in [0.15, 0.2) is 0 Å². The number of rotatable bonds is 3. The van der Waals surface area contributed by atoms with E-state index in [9.17, 15) is 0 Å². The lowest BCUT2D eigenvalue weighted by Crippen LogP contribution is -2.43. The molecule has 0 bridgehead atoms. The van der Waals surface area contributed by atoms with Crippen LogP contribution in [-0.4, -0.2) is 47.3 Å². The van der Waals surface area contributed by atoms with Gasteiger partial charge in [-0.3, -0.25) is 5.41 Å². The second-order valence-electron chi connectivity index (χ2n) is 8.83. The summed E-state index contributed by atoms with van der Waals surface area (Å²) in [5.41, 5.74) is 5.64. The van der Waals surface area contributed by atoms with Crippen molar-refractivity contribution in [2.75, 3.05) is 42.9 Å². The number of nitrogens with zero attached hydrogens (tertiary/aromatic N) is 4. The topological polar surface area (TPSA) is 81.9 Å². The molecule has 34 heavy (non-hydrogen) atoms. The Hall–Kier alpha value is -3.78. The molecule has 1 fully saturated rings. The minimum Gasteiger partial charge on any atom is -0.369 e. The van der Waals surface area contributed by atoms with Crippen LogP contribution in [0.25, 0.3) is 33.8 Å². The van der Waals surface area contributed by atoms with Crippen molar-refractivity contribution in [1.29, 1.82) is 5.41 Å². The molecule has 3 N–H and O–H groups in total. The fourth-order valence-electron chi connectivity index (χ4n) is 5.06. The molecule has 7 nitrogen and oxygen atoms in total. The Labute approximate surface area is 197 Å². The maximum Gasteiger partial charge on any atom is 0.244 e. The van der Waals surface area contributed by atoms with Gasteiger partial charge in [-0.15, -0.1) is 0 Å². The first kappa shape index (κ1) is 20.8. The fourth-order valence-corrected chi connectivity index (χ4v) is 5.06. The van der Waals surface area contributed by atoms with Gasteiger partial charge in [-0.2, -0.15) is 4.98 Å². The molecule has 4 heterocycles. The Morgan fingerprint density at radius 2 is 1.71 bits per heavy atom. The van der Waals surface area contributed by atoms with Gasteiger partial charge in [0.2, 0.25) is 5.62 Å². The first-order valence-electron chi connectivity index (χ1n) is 11.7. The van der Waals surface area contributed by atoms with Crippen molar-refractivity contribution in [2.24, 2.45) is 0 Å². The Kier molecular flexibility index (Phi) is 5.03. The summed E-state index contributed by atoms with van der Waals surface area (Å²) in [5, 5.41) is 15.1. The van der Waals surface area contributed by atoms with E-state index in [0.717, 1.165) is 73.0 Å². The number of halogens is 1. The van der Waals surface area contributed by atoms with E-state index in [2.05, 4.69) is 49.1 Å². The van der Waals surface area contributed by atoms with E-state index in [-0.39, 0.29) is 11.4 Å². The van der Waals surface area contributed by atoms with Crippen LogP contribution in [0.15, 0.2) is 48.5 Å². The molecule has 1 saturated heterocycles. The SMILES string of the molecule is Cc1ccccc1-c1cc2c(-c3ccc(N4CCNCC4)cc3F)nc(=N)nc-2n2c1NCC2. The minimum absolute atomic E-state index is 0.113. The summed E-state index contributed by atoms with van der Waals surface area (Å²) >= 11 is 0. The van der Waals surface area contributed by atoms with Gasteiger partial charge in [0.05, 0.1) is 5.69 Å². The van der Waals surface area contributed by atoms with Crippen LogP contribution in [0.5, 0.6) is 0 Å². The monoisotopic (exact) mass is 455 g/mol. The average Bonchev–Trinajstić information content (AvgIpc) is 3.35. The fraction of sp³-hybridized carbons (Fsp3) is 0.269. The van der Waals surface area contributed by atoms with Crippen LogP contribution in [0.3, 0.4) is 0 Å². The van der Waals surface area contributed by atoms with Crippen LogP contribution in [0.2, 0.25) is 0 Å². The van der Waals surface area contributed by atoms with E-state index < -0.39 is 0 Å². The Balaban J connectivity index is 1.55. The highest BCUT2D eigenvalue weighted by molar-refractivity contribution is 5.89. The molecule has 0 radical (unpaired) electrons. The number of aromatic nitrogens is 3. The predicted molar refractivity (Wildman–Crippen MR) is 132 cm³/mol. The third kappa shape index (κ3) is 3.42. The van der Waals surface area contributed by atoms with E-state index in [1.54, 1.807) is 12.1 Å². The molecule has 4 aliphatic heterocycles. The van der Waals surface area contributed by atoms with E-state index in [0.29, 0.717) is 17.1 Å². The largest absolute Gasteiger partial charge is 0.369 e. The van der Waals surface area contributed by atoms with Crippen molar-refractivity contribution in [3.63, 3.8) is 0 Å². The number of benzene rings is 2. The summed E-state index contributed by atoms with van der Waals surface area (Å²) in [4.78, 5) is 11.1. The average molecular weight is 456 g/mol. The molecule has 0 spiro atoms. The molecule has 0 unspecified atom stereocenters. The highest BCUT2D eigenvalue weighted by Gasteiger charge is 2.26. The van der Waals surface area contributed by atoms with Gasteiger partial charge in [0, 0.05) is 61.6 Å². The van der Waals surface area contributed by atoms with Crippen LogP contribution >= 0.6 is 0 Å². The smallest absolute Gasteiger partial charge is 0.244 e. The van der Waals surface area contributed by atoms with Gasteiger partial charge in [-0.1, -0.05) is 24.3 Å². The molecular weight excluding hydrogens is 429 g/mol. The lowest BCUT2D eigenvalue weighted by atomic mass is 9.96. The number of nitrogens with one attached hydrogen (secondary N) is 3. The molecule has 0 atom stereocenters. The highest BCUT2D eigenvalue weighted by Crippen LogP contribution is 2.41. The van der Waals surface area contributed by atoms with E-state index >= 15 is 4.39 Å². The molecule has 0 aromatic heterocycles. The van der Waals surface area contributed by atoms with Crippen molar-refractivity contribution in [1.82, 2.24) is 19.9 Å². The number of pyridine rings is 1. The zero-order chi connectivity index (χ0) is 23.2. The zero-order valence-corrected chi connectivity index (χ0v) is 19.0. The highest BCUT2D eigenvalue weighted by atomic mass is 19.1. The number of piperazine rings is 1. The van der Waals surface area contributed by atoms with Gasteiger partial charge in [0.25, 0.3) is 0 Å². The van der Waals surface area contributed by atoms with Crippen molar-refractivity contribution >= 4 is 11.5 Å². The number of aryl methyl sites for hydroxylation is 1. The van der Waals surface area contributed by atoms with Crippen LogP contribution in [0.1, 0.15) is 5.56 Å². The summed E-state index contributed by atoms with van der Waals surface area (Å²) in [7, 11) is 0. The zero-order valence-electron chi connectivity index (χ0n) is 19.0. The van der Waals surface area contributed by atoms with E-state index in [4.69, 9.17) is 5.41 Å². The quantitative estimate of drug-likeness (QED) is 0.441. The molecule has 4 aliphatic rings. The summed E-state index contributed by atoms with van der Waals surface area (Å²) in [6.45, 7) is 7.07. The first-order valence-corrected chi connectivity index (χ1v) is 11.7. The molecule has 6 rings (SSSR count). The van der Waals surface area contributed by atoms with Crippen molar-refractivity contribution in [3.05, 3.63) is 65.5 Å². The third-order valence-corrected chi connectivity index (χ3v) is 6.75. The third-order valence-electron chi connectivity index (χ3n) is 6.75. The lowest BCUT2D eigenvalue weighted by molar-refractivity contribution is 0.585. The number of hydrogen-bond acceptors (Lipinski definition) is 6. The lowest BCUT2D eigenvalue weighted by Gasteiger charge is -2.29. The normalized spacial score (nSPS) is 15.4. The minimum atomic E-state index is -0.337. The second kappa shape index (κ2) is 8.22. The maximum atomic E-state index is 15.5. The molecule has 172 valence electrons. The van der Waals surface area contributed by atoms with E-state index in [1.807, 2.05) is 24.3 Å². The molecule has 0 aliphatic carbocycles.